The van der Waals surface area contributed by atoms with Crippen molar-refractivity contribution in [3.8, 4) is 0 Å². The van der Waals surface area contributed by atoms with E-state index in [9.17, 15) is 8.42 Å². The van der Waals surface area contributed by atoms with Crippen LogP contribution in [-0.4, -0.2) is 51.0 Å². The Morgan fingerprint density at radius 3 is 2.89 bits per heavy atom. The molecule has 0 aliphatic heterocycles. The van der Waals surface area contributed by atoms with Gasteiger partial charge in [0, 0.05) is 25.9 Å². The monoisotopic (exact) mass is 290 g/mol. The molecule has 0 radical (unpaired) electrons. The summed E-state index contributed by atoms with van der Waals surface area (Å²) in [6, 6.07) is -0.278. The molecule has 1 atom stereocenters. The van der Waals surface area contributed by atoms with Crippen LogP contribution in [-0.2, 0) is 21.3 Å². The SMILES string of the molecule is CCNCCn1cc(S(=O)(=O)NC(C)COC)cn1. The van der Waals surface area contributed by atoms with Gasteiger partial charge in [-0.1, -0.05) is 6.92 Å². The zero-order valence-electron chi connectivity index (χ0n) is 11.6. The first-order chi connectivity index (χ1) is 8.99. The van der Waals surface area contributed by atoms with Crippen LogP contribution < -0.4 is 10.0 Å². The smallest absolute Gasteiger partial charge is 0.244 e. The van der Waals surface area contributed by atoms with Crippen LogP contribution in [0, 0.1) is 0 Å². The summed E-state index contributed by atoms with van der Waals surface area (Å²) >= 11 is 0. The lowest BCUT2D eigenvalue weighted by atomic mass is 10.4. The summed E-state index contributed by atoms with van der Waals surface area (Å²) in [6.45, 7) is 6.36. The van der Waals surface area contributed by atoms with Gasteiger partial charge >= 0.3 is 0 Å². The molecule has 1 heterocycles. The Kier molecular flexibility index (Phi) is 6.43. The second kappa shape index (κ2) is 7.59. The van der Waals surface area contributed by atoms with Crippen molar-refractivity contribution in [1.82, 2.24) is 19.8 Å². The molecule has 19 heavy (non-hydrogen) atoms. The summed E-state index contributed by atoms with van der Waals surface area (Å²) < 4.78 is 33.1. The van der Waals surface area contributed by atoms with E-state index in [1.807, 2.05) is 6.92 Å². The lowest BCUT2D eigenvalue weighted by Crippen LogP contribution is -2.35. The van der Waals surface area contributed by atoms with E-state index in [-0.39, 0.29) is 10.9 Å². The fraction of sp³-hybridized carbons (Fsp3) is 0.727. The second-order valence-corrected chi connectivity index (χ2v) is 5.98. The molecule has 0 spiro atoms. The number of nitrogens with zero attached hydrogens (tertiary/aromatic N) is 2. The third-order valence-corrected chi connectivity index (χ3v) is 4.00. The van der Waals surface area contributed by atoms with Crippen molar-refractivity contribution in [2.45, 2.75) is 31.3 Å². The van der Waals surface area contributed by atoms with Crippen LogP contribution in [0.3, 0.4) is 0 Å². The maximum Gasteiger partial charge on any atom is 0.244 e. The molecule has 0 aliphatic carbocycles. The molecule has 0 fully saturated rings. The van der Waals surface area contributed by atoms with Gasteiger partial charge in [0.2, 0.25) is 10.0 Å². The van der Waals surface area contributed by atoms with Crippen molar-refractivity contribution in [2.75, 3.05) is 26.8 Å². The summed E-state index contributed by atoms with van der Waals surface area (Å²) in [5, 5.41) is 7.19. The standard InChI is InChI=1S/C11H22N4O3S/c1-4-12-5-6-15-8-11(7-13-15)19(16,17)14-10(2)9-18-3/h7-8,10,12,14H,4-6,9H2,1-3H3. The Labute approximate surface area is 114 Å². The normalized spacial score (nSPS) is 13.6. The fourth-order valence-corrected chi connectivity index (χ4v) is 2.77. The van der Waals surface area contributed by atoms with Crippen LogP contribution >= 0.6 is 0 Å². The van der Waals surface area contributed by atoms with Crippen molar-refractivity contribution in [3.63, 3.8) is 0 Å². The molecule has 1 aromatic heterocycles. The third-order valence-electron chi connectivity index (χ3n) is 2.46. The van der Waals surface area contributed by atoms with Crippen LogP contribution in [0.15, 0.2) is 17.3 Å². The van der Waals surface area contributed by atoms with Crippen molar-refractivity contribution < 1.29 is 13.2 Å². The molecular weight excluding hydrogens is 268 g/mol. The highest BCUT2D eigenvalue weighted by molar-refractivity contribution is 7.89. The quantitative estimate of drug-likeness (QED) is 0.616. The summed E-state index contributed by atoms with van der Waals surface area (Å²) in [6.07, 6.45) is 2.88. The molecule has 0 saturated heterocycles. The molecule has 0 aliphatic rings. The summed E-state index contributed by atoms with van der Waals surface area (Å²) in [4.78, 5) is 0.173. The highest BCUT2D eigenvalue weighted by Crippen LogP contribution is 2.07. The number of rotatable bonds is 9. The highest BCUT2D eigenvalue weighted by atomic mass is 32.2. The molecule has 1 aromatic rings. The van der Waals surface area contributed by atoms with Gasteiger partial charge in [-0.25, -0.2) is 13.1 Å². The minimum absolute atomic E-state index is 0.173. The van der Waals surface area contributed by atoms with Crippen LogP contribution in [0.1, 0.15) is 13.8 Å². The molecule has 8 heteroatoms. The maximum atomic E-state index is 12.0. The zero-order valence-corrected chi connectivity index (χ0v) is 12.4. The Balaban J connectivity index is 2.63. The van der Waals surface area contributed by atoms with E-state index in [4.69, 9.17) is 4.74 Å². The maximum absolute atomic E-state index is 12.0. The average molecular weight is 290 g/mol. The predicted molar refractivity (Wildman–Crippen MR) is 72.4 cm³/mol. The van der Waals surface area contributed by atoms with Gasteiger partial charge in [0.25, 0.3) is 0 Å². The van der Waals surface area contributed by atoms with Gasteiger partial charge in [0.15, 0.2) is 0 Å². The van der Waals surface area contributed by atoms with Gasteiger partial charge < -0.3 is 10.1 Å². The first-order valence-corrected chi connectivity index (χ1v) is 7.72. The molecule has 0 aromatic carbocycles. The zero-order chi connectivity index (χ0) is 14.3. The molecule has 110 valence electrons. The van der Waals surface area contributed by atoms with Crippen molar-refractivity contribution in [1.29, 1.82) is 0 Å². The molecule has 0 amide bonds. The summed E-state index contributed by atoms with van der Waals surface area (Å²) in [7, 11) is -1.99. The van der Waals surface area contributed by atoms with Gasteiger partial charge in [-0.05, 0) is 13.5 Å². The minimum atomic E-state index is -3.53. The Bertz CT molecular complexity index is 472. The number of sulfonamides is 1. The number of nitrogens with one attached hydrogen (secondary N) is 2. The number of hydrogen-bond donors (Lipinski definition) is 2. The van der Waals surface area contributed by atoms with Gasteiger partial charge in [0.1, 0.15) is 4.90 Å². The summed E-state index contributed by atoms with van der Waals surface area (Å²) in [5.41, 5.74) is 0. The largest absolute Gasteiger partial charge is 0.383 e. The van der Waals surface area contributed by atoms with E-state index in [2.05, 4.69) is 15.1 Å². The Hall–Kier alpha value is -0.960. The summed E-state index contributed by atoms with van der Waals surface area (Å²) in [5.74, 6) is 0. The second-order valence-electron chi connectivity index (χ2n) is 4.27. The number of aromatic nitrogens is 2. The highest BCUT2D eigenvalue weighted by Gasteiger charge is 2.19. The molecule has 1 rings (SSSR count). The van der Waals surface area contributed by atoms with E-state index in [0.717, 1.165) is 13.1 Å². The average Bonchev–Trinajstić information content (AvgIpc) is 2.78. The fourth-order valence-electron chi connectivity index (χ4n) is 1.59. The minimum Gasteiger partial charge on any atom is -0.383 e. The van der Waals surface area contributed by atoms with E-state index < -0.39 is 10.0 Å². The van der Waals surface area contributed by atoms with Crippen LogP contribution in [0.2, 0.25) is 0 Å². The van der Waals surface area contributed by atoms with Crippen LogP contribution in [0.25, 0.3) is 0 Å². The first-order valence-electron chi connectivity index (χ1n) is 6.24. The lowest BCUT2D eigenvalue weighted by molar-refractivity contribution is 0.180. The van der Waals surface area contributed by atoms with Gasteiger partial charge in [-0.15, -0.1) is 0 Å². The van der Waals surface area contributed by atoms with E-state index in [1.54, 1.807) is 11.6 Å². The van der Waals surface area contributed by atoms with Gasteiger partial charge in [-0.3, -0.25) is 4.68 Å². The van der Waals surface area contributed by atoms with Crippen LogP contribution in [0.4, 0.5) is 0 Å². The lowest BCUT2D eigenvalue weighted by Gasteiger charge is -2.11. The number of hydrogen-bond acceptors (Lipinski definition) is 5. The Morgan fingerprint density at radius 1 is 1.53 bits per heavy atom. The molecule has 1 unspecified atom stereocenters. The van der Waals surface area contributed by atoms with Crippen molar-refractivity contribution >= 4 is 10.0 Å². The van der Waals surface area contributed by atoms with Crippen LogP contribution in [0.5, 0.6) is 0 Å². The first kappa shape index (κ1) is 16.1. The molecule has 7 nitrogen and oxygen atoms in total. The number of likely N-dealkylation sites (N-methyl/N-ethyl adjacent to an activating group) is 1. The molecule has 2 N–H and O–H groups in total. The number of ether oxygens (including phenoxy) is 1. The number of methoxy groups -OCH3 is 1. The Morgan fingerprint density at radius 2 is 2.26 bits per heavy atom. The predicted octanol–water partition coefficient (Wildman–Crippen LogP) is -0.194. The third kappa shape index (κ3) is 5.27. The molecular formula is C11H22N4O3S. The van der Waals surface area contributed by atoms with E-state index in [1.165, 1.54) is 19.5 Å². The molecule has 0 saturated carbocycles. The van der Waals surface area contributed by atoms with Gasteiger partial charge in [0.05, 0.1) is 19.3 Å². The topological polar surface area (TPSA) is 85.2 Å². The van der Waals surface area contributed by atoms with Gasteiger partial charge in [-0.2, -0.15) is 5.10 Å². The van der Waals surface area contributed by atoms with E-state index >= 15 is 0 Å². The van der Waals surface area contributed by atoms with E-state index in [0.29, 0.717) is 13.2 Å². The molecule has 0 bridgehead atoms. The van der Waals surface area contributed by atoms with Crippen molar-refractivity contribution in [3.05, 3.63) is 12.4 Å². The van der Waals surface area contributed by atoms with Crippen molar-refractivity contribution in [2.24, 2.45) is 0 Å².